The van der Waals surface area contributed by atoms with Crippen LogP contribution in [0.2, 0.25) is 0 Å². The van der Waals surface area contributed by atoms with Crippen molar-refractivity contribution in [1.29, 1.82) is 0 Å². The highest BCUT2D eigenvalue weighted by atomic mass is 16.5. The molecule has 0 saturated heterocycles. The molecule has 0 aliphatic carbocycles. The Morgan fingerprint density at radius 1 is 1.44 bits per heavy atom. The Labute approximate surface area is 104 Å². The Bertz CT molecular complexity index is 508. The summed E-state index contributed by atoms with van der Waals surface area (Å²) in [6, 6.07) is 9.10. The molecule has 2 aromatic rings. The molecule has 18 heavy (non-hydrogen) atoms. The van der Waals surface area contributed by atoms with Crippen molar-refractivity contribution < 1.29 is 9.53 Å². The van der Waals surface area contributed by atoms with E-state index < -0.39 is 0 Å². The van der Waals surface area contributed by atoms with Gasteiger partial charge in [-0.1, -0.05) is 18.2 Å². The van der Waals surface area contributed by atoms with E-state index in [2.05, 4.69) is 20.5 Å². The zero-order valence-corrected chi connectivity index (χ0v) is 9.54. The Balaban J connectivity index is 1.73. The summed E-state index contributed by atoms with van der Waals surface area (Å²) in [5, 5.41) is 3.74. The lowest BCUT2D eigenvalue weighted by molar-refractivity contribution is -0.123. The van der Waals surface area contributed by atoms with Crippen molar-refractivity contribution in [1.82, 2.24) is 15.4 Å². The van der Waals surface area contributed by atoms with Gasteiger partial charge in [0.25, 0.3) is 5.91 Å². The highest BCUT2D eigenvalue weighted by Gasteiger charge is 2.00. The molecule has 0 spiro atoms. The standard InChI is InChI=1S/C12H12N4O2/c17-12(8-18-11-4-2-1-3-5-11)16-15-7-10-6-13-9-14-10/h1-7,9H,8H2,(H,13,14)(H,16,17)/b15-7+. The number of para-hydroxylation sites is 1. The summed E-state index contributed by atoms with van der Waals surface area (Å²) in [6.07, 6.45) is 4.63. The van der Waals surface area contributed by atoms with E-state index in [0.717, 1.165) is 0 Å². The van der Waals surface area contributed by atoms with E-state index in [4.69, 9.17) is 4.74 Å². The first kappa shape index (κ1) is 11.8. The summed E-state index contributed by atoms with van der Waals surface area (Å²) in [5.74, 6) is 0.314. The van der Waals surface area contributed by atoms with Gasteiger partial charge in [0.05, 0.1) is 12.5 Å². The van der Waals surface area contributed by atoms with Gasteiger partial charge in [0.15, 0.2) is 6.61 Å². The van der Waals surface area contributed by atoms with Gasteiger partial charge in [0.2, 0.25) is 0 Å². The second kappa shape index (κ2) is 6.19. The average Bonchev–Trinajstić information content (AvgIpc) is 2.91. The first-order valence-corrected chi connectivity index (χ1v) is 5.33. The van der Waals surface area contributed by atoms with Crippen LogP contribution in [0.15, 0.2) is 48.0 Å². The number of nitrogens with zero attached hydrogens (tertiary/aromatic N) is 2. The summed E-state index contributed by atoms with van der Waals surface area (Å²) >= 11 is 0. The molecule has 0 radical (unpaired) electrons. The minimum absolute atomic E-state index is 0.0814. The number of hydrogen-bond acceptors (Lipinski definition) is 4. The predicted molar refractivity (Wildman–Crippen MR) is 66.3 cm³/mol. The van der Waals surface area contributed by atoms with Gasteiger partial charge in [0.1, 0.15) is 11.4 Å². The maximum atomic E-state index is 11.4. The van der Waals surface area contributed by atoms with Gasteiger partial charge in [-0.3, -0.25) is 4.79 Å². The summed E-state index contributed by atoms with van der Waals surface area (Å²) in [6.45, 7) is -0.0814. The first-order chi connectivity index (χ1) is 8.84. The molecule has 92 valence electrons. The number of aromatic amines is 1. The molecule has 2 rings (SSSR count). The molecule has 0 fully saturated rings. The molecule has 1 heterocycles. The van der Waals surface area contributed by atoms with Gasteiger partial charge in [0, 0.05) is 6.20 Å². The second-order valence-electron chi connectivity index (χ2n) is 3.39. The van der Waals surface area contributed by atoms with Crippen LogP contribution in [0.5, 0.6) is 5.75 Å². The van der Waals surface area contributed by atoms with Crippen molar-refractivity contribution in [2.24, 2.45) is 5.10 Å². The molecule has 1 aromatic heterocycles. The fraction of sp³-hybridized carbons (Fsp3) is 0.0833. The van der Waals surface area contributed by atoms with E-state index in [-0.39, 0.29) is 12.5 Å². The summed E-state index contributed by atoms with van der Waals surface area (Å²) < 4.78 is 5.25. The zero-order chi connectivity index (χ0) is 12.6. The number of ether oxygens (including phenoxy) is 1. The van der Waals surface area contributed by atoms with Gasteiger partial charge in [-0.05, 0) is 12.1 Å². The molecule has 2 N–H and O–H groups in total. The second-order valence-corrected chi connectivity index (χ2v) is 3.39. The highest BCUT2D eigenvalue weighted by Crippen LogP contribution is 2.07. The summed E-state index contributed by atoms with van der Waals surface area (Å²) in [4.78, 5) is 18.1. The Morgan fingerprint density at radius 3 is 3.00 bits per heavy atom. The number of H-pyrrole nitrogens is 1. The van der Waals surface area contributed by atoms with E-state index in [9.17, 15) is 4.79 Å². The number of imidazole rings is 1. The highest BCUT2D eigenvalue weighted by molar-refractivity contribution is 5.81. The summed E-state index contributed by atoms with van der Waals surface area (Å²) in [7, 11) is 0. The number of amides is 1. The van der Waals surface area contributed by atoms with E-state index in [1.807, 2.05) is 18.2 Å². The molecule has 1 aromatic carbocycles. The number of hydrazone groups is 1. The van der Waals surface area contributed by atoms with Crippen molar-refractivity contribution in [2.75, 3.05) is 6.61 Å². The topological polar surface area (TPSA) is 79.4 Å². The zero-order valence-electron chi connectivity index (χ0n) is 9.54. The van der Waals surface area contributed by atoms with Gasteiger partial charge in [-0.25, -0.2) is 10.4 Å². The largest absolute Gasteiger partial charge is 0.484 e. The Morgan fingerprint density at radius 2 is 2.28 bits per heavy atom. The molecule has 0 unspecified atom stereocenters. The Hall–Kier alpha value is -2.63. The molecule has 6 nitrogen and oxygen atoms in total. The third kappa shape index (κ3) is 3.75. The normalized spacial score (nSPS) is 10.4. The Kier molecular flexibility index (Phi) is 4.07. The molecule has 0 bridgehead atoms. The van der Waals surface area contributed by atoms with E-state index in [0.29, 0.717) is 11.4 Å². The van der Waals surface area contributed by atoms with Crippen LogP contribution in [0.1, 0.15) is 5.69 Å². The number of hydrogen-bond donors (Lipinski definition) is 2. The average molecular weight is 244 g/mol. The van der Waals surface area contributed by atoms with E-state index in [1.165, 1.54) is 12.5 Å². The molecule has 0 atom stereocenters. The van der Waals surface area contributed by atoms with E-state index in [1.54, 1.807) is 18.3 Å². The maximum absolute atomic E-state index is 11.4. The number of rotatable bonds is 5. The minimum atomic E-state index is -0.328. The molecule has 1 amide bonds. The van der Waals surface area contributed by atoms with Crippen LogP contribution in [-0.2, 0) is 4.79 Å². The maximum Gasteiger partial charge on any atom is 0.277 e. The SMILES string of the molecule is O=C(COc1ccccc1)N/N=C/c1c[nH]cn1. The molecule has 0 aliphatic heterocycles. The lowest BCUT2D eigenvalue weighted by Gasteiger charge is -2.03. The van der Waals surface area contributed by atoms with Crippen LogP contribution < -0.4 is 10.2 Å². The van der Waals surface area contributed by atoms with Crippen LogP contribution in [0.3, 0.4) is 0 Å². The molecule has 6 heteroatoms. The first-order valence-electron chi connectivity index (χ1n) is 5.33. The monoisotopic (exact) mass is 244 g/mol. The number of aromatic nitrogens is 2. The fourth-order valence-electron chi connectivity index (χ4n) is 1.21. The van der Waals surface area contributed by atoms with Crippen LogP contribution in [-0.4, -0.2) is 28.7 Å². The molecule has 0 aliphatic rings. The van der Waals surface area contributed by atoms with Gasteiger partial charge >= 0.3 is 0 Å². The summed E-state index contributed by atoms with van der Waals surface area (Å²) in [5.41, 5.74) is 2.98. The van der Waals surface area contributed by atoms with Gasteiger partial charge < -0.3 is 9.72 Å². The number of nitrogens with one attached hydrogen (secondary N) is 2. The lowest BCUT2D eigenvalue weighted by Crippen LogP contribution is -2.24. The third-order valence-electron chi connectivity index (χ3n) is 2.02. The van der Waals surface area contributed by atoms with Crippen LogP contribution >= 0.6 is 0 Å². The molecular weight excluding hydrogens is 232 g/mol. The molecule has 0 saturated carbocycles. The fourth-order valence-corrected chi connectivity index (χ4v) is 1.21. The van der Waals surface area contributed by atoms with Gasteiger partial charge in [-0.2, -0.15) is 5.10 Å². The van der Waals surface area contributed by atoms with Crippen molar-refractivity contribution in [3.05, 3.63) is 48.5 Å². The smallest absolute Gasteiger partial charge is 0.277 e. The van der Waals surface area contributed by atoms with Crippen molar-refractivity contribution >= 4 is 12.1 Å². The molecular formula is C12H12N4O2. The number of carbonyl (C=O) groups is 1. The van der Waals surface area contributed by atoms with Crippen LogP contribution in [0.4, 0.5) is 0 Å². The predicted octanol–water partition coefficient (Wildman–Crippen LogP) is 0.939. The van der Waals surface area contributed by atoms with Crippen LogP contribution in [0.25, 0.3) is 0 Å². The number of benzene rings is 1. The van der Waals surface area contributed by atoms with Crippen molar-refractivity contribution in [3.63, 3.8) is 0 Å². The third-order valence-corrected chi connectivity index (χ3v) is 2.02. The van der Waals surface area contributed by atoms with Gasteiger partial charge in [-0.15, -0.1) is 0 Å². The van der Waals surface area contributed by atoms with E-state index >= 15 is 0 Å². The minimum Gasteiger partial charge on any atom is -0.484 e. The lowest BCUT2D eigenvalue weighted by atomic mass is 10.3. The van der Waals surface area contributed by atoms with Crippen molar-refractivity contribution in [2.45, 2.75) is 0 Å². The quantitative estimate of drug-likeness (QED) is 0.606. The van der Waals surface area contributed by atoms with Crippen molar-refractivity contribution in [3.8, 4) is 5.75 Å². The number of carbonyl (C=O) groups excluding carboxylic acids is 1. The van der Waals surface area contributed by atoms with Crippen LogP contribution in [0, 0.1) is 0 Å².